The van der Waals surface area contributed by atoms with E-state index in [0.717, 1.165) is 0 Å². The molecule has 84 valence electrons. The minimum atomic E-state index is -1.15. The highest BCUT2D eigenvalue weighted by atomic mass is 32.1. The highest BCUT2D eigenvalue weighted by molar-refractivity contribution is 7.80. The number of amides is 2. The number of thiocarbonyl (C=S) groups is 1. The largest absolute Gasteiger partial charge is 0.392 e. The van der Waals surface area contributed by atoms with Crippen LogP contribution in [0.5, 0.6) is 0 Å². The summed E-state index contributed by atoms with van der Waals surface area (Å²) >= 11 is 4.54. The quantitative estimate of drug-likeness (QED) is 0.619. The van der Waals surface area contributed by atoms with E-state index >= 15 is 0 Å². The van der Waals surface area contributed by atoms with Gasteiger partial charge in [0.15, 0.2) is 0 Å². The third kappa shape index (κ3) is 3.11. The van der Waals surface area contributed by atoms with Gasteiger partial charge >= 0.3 is 0 Å². The average molecular weight is 237 g/mol. The van der Waals surface area contributed by atoms with Gasteiger partial charge in [0, 0.05) is 5.56 Å². The summed E-state index contributed by atoms with van der Waals surface area (Å²) in [6, 6.07) is 7.14. The van der Waals surface area contributed by atoms with Crippen LogP contribution in [0.3, 0.4) is 0 Å². The van der Waals surface area contributed by atoms with E-state index in [1.807, 2.05) is 0 Å². The third-order valence-electron chi connectivity index (χ3n) is 1.86. The molecule has 0 saturated heterocycles. The van der Waals surface area contributed by atoms with Gasteiger partial charge < -0.3 is 11.5 Å². The van der Waals surface area contributed by atoms with Crippen LogP contribution < -0.4 is 16.8 Å². The van der Waals surface area contributed by atoms with Gasteiger partial charge in [0.2, 0.25) is 0 Å². The third-order valence-corrected chi connectivity index (χ3v) is 2.12. The van der Waals surface area contributed by atoms with E-state index in [1.54, 1.807) is 30.3 Å². The van der Waals surface area contributed by atoms with Crippen LogP contribution in [0.25, 0.3) is 0 Å². The molecule has 1 aromatic carbocycles. The van der Waals surface area contributed by atoms with E-state index in [0.29, 0.717) is 5.56 Å². The van der Waals surface area contributed by atoms with E-state index in [9.17, 15) is 9.59 Å². The van der Waals surface area contributed by atoms with Crippen LogP contribution in [0.15, 0.2) is 30.3 Å². The van der Waals surface area contributed by atoms with Crippen molar-refractivity contribution in [2.24, 2.45) is 11.5 Å². The molecular weight excluding hydrogens is 226 g/mol. The van der Waals surface area contributed by atoms with Crippen molar-refractivity contribution in [2.45, 2.75) is 6.04 Å². The molecule has 0 heterocycles. The molecule has 16 heavy (non-hydrogen) atoms. The van der Waals surface area contributed by atoms with Gasteiger partial charge in [-0.25, -0.2) is 0 Å². The molecule has 1 aromatic rings. The SMILES string of the molecule is NC(=S)[C@H](N)C(=O)NC(=O)c1ccccc1. The van der Waals surface area contributed by atoms with E-state index < -0.39 is 17.9 Å². The molecule has 0 fully saturated rings. The number of rotatable bonds is 3. The van der Waals surface area contributed by atoms with Crippen LogP contribution in [-0.4, -0.2) is 22.8 Å². The molecule has 0 aliphatic carbocycles. The number of nitrogens with two attached hydrogens (primary N) is 2. The van der Waals surface area contributed by atoms with Crippen LogP contribution >= 0.6 is 12.2 Å². The number of carbonyl (C=O) groups is 2. The molecule has 0 unspecified atom stereocenters. The van der Waals surface area contributed by atoms with Crippen LogP contribution in [-0.2, 0) is 4.79 Å². The molecule has 1 atom stereocenters. The molecule has 0 bridgehead atoms. The van der Waals surface area contributed by atoms with E-state index in [2.05, 4.69) is 17.5 Å². The molecule has 6 heteroatoms. The predicted molar refractivity (Wildman–Crippen MR) is 63.7 cm³/mol. The summed E-state index contributed by atoms with van der Waals surface area (Å²) in [4.78, 5) is 22.7. The van der Waals surface area contributed by atoms with Crippen LogP contribution in [0.2, 0.25) is 0 Å². The van der Waals surface area contributed by atoms with Crippen molar-refractivity contribution < 1.29 is 9.59 Å². The smallest absolute Gasteiger partial charge is 0.257 e. The normalized spacial score (nSPS) is 11.6. The summed E-state index contributed by atoms with van der Waals surface area (Å²) in [6.07, 6.45) is 0. The molecule has 0 aliphatic rings. The molecule has 5 nitrogen and oxygen atoms in total. The number of hydrogen-bond donors (Lipinski definition) is 3. The van der Waals surface area contributed by atoms with Crippen molar-refractivity contribution >= 4 is 29.0 Å². The van der Waals surface area contributed by atoms with Crippen molar-refractivity contribution in [3.8, 4) is 0 Å². The fraction of sp³-hybridized carbons (Fsp3) is 0.100. The Balaban J connectivity index is 2.66. The number of imide groups is 1. The van der Waals surface area contributed by atoms with Crippen molar-refractivity contribution in [3.05, 3.63) is 35.9 Å². The van der Waals surface area contributed by atoms with Gasteiger partial charge in [-0.2, -0.15) is 0 Å². The van der Waals surface area contributed by atoms with E-state index in [-0.39, 0.29) is 4.99 Å². The lowest BCUT2D eigenvalue weighted by molar-refractivity contribution is -0.119. The van der Waals surface area contributed by atoms with Gasteiger partial charge in [-0.3, -0.25) is 14.9 Å². The second-order valence-electron chi connectivity index (χ2n) is 3.06. The molecule has 5 N–H and O–H groups in total. The Morgan fingerprint density at radius 2 is 1.81 bits per heavy atom. The molecular formula is C10H11N3O2S. The second-order valence-corrected chi connectivity index (χ2v) is 3.54. The maximum Gasteiger partial charge on any atom is 0.257 e. The summed E-state index contributed by atoms with van der Waals surface area (Å²) in [6.45, 7) is 0. The lowest BCUT2D eigenvalue weighted by Crippen LogP contribution is -2.49. The summed E-state index contributed by atoms with van der Waals surface area (Å²) in [7, 11) is 0. The van der Waals surface area contributed by atoms with Crippen molar-refractivity contribution in [1.29, 1.82) is 0 Å². The zero-order valence-corrected chi connectivity index (χ0v) is 9.16. The summed E-state index contributed by atoms with van der Waals surface area (Å²) in [5.74, 6) is -1.24. The first-order valence-corrected chi connectivity index (χ1v) is 4.88. The molecule has 0 aromatic heterocycles. The lowest BCUT2D eigenvalue weighted by atomic mass is 10.2. The van der Waals surface area contributed by atoms with Gasteiger partial charge in [0.25, 0.3) is 11.8 Å². The summed E-state index contributed by atoms with van der Waals surface area (Å²) < 4.78 is 0. The number of hydrogen-bond acceptors (Lipinski definition) is 4. The summed E-state index contributed by atoms with van der Waals surface area (Å²) in [5.41, 5.74) is 10.9. The van der Waals surface area contributed by atoms with Gasteiger partial charge in [-0.1, -0.05) is 30.4 Å². The van der Waals surface area contributed by atoms with E-state index in [1.165, 1.54) is 0 Å². The topological polar surface area (TPSA) is 98.2 Å². The fourth-order valence-corrected chi connectivity index (χ4v) is 1.09. The maximum atomic E-state index is 11.5. The van der Waals surface area contributed by atoms with Crippen molar-refractivity contribution in [1.82, 2.24) is 5.32 Å². The Hall–Kier alpha value is -1.79. The van der Waals surface area contributed by atoms with Crippen LogP contribution in [0, 0.1) is 0 Å². The highest BCUT2D eigenvalue weighted by Crippen LogP contribution is 1.97. The van der Waals surface area contributed by atoms with E-state index in [4.69, 9.17) is 11.5 Å². The Morgan fingerprint density at radius 3 is 2.31 bits per heavy atom. The van der Waals surface area contributed by atoms with Crippen LogP contribution in [0.1, 0.15) is 10.4 Å². The van der Waals surface area contributed by atoms with Crippen LogP contribution in [0.4, 0.5) is 0 Å². The standard InChI is InChI=1S/C10H11N3O2S/c11-7(8(12)16)10(15)13-9(14)6-4-2-1-3-5-6/h1-5,7H,11H2,(H2,12,16)(H,13,14,15)/t7-/m0/s1. The second kappa shape index (κ2) is 5.34. The fourth-order valence-electron chi connectivity index (χ4n) is 0.981. The molecule has 0 radical (unpaired) electrons. The maximum absolute atomic E-state index is 11.5. The number of benzene rings is 1. The zero-order valence-electron chi connectivity index (χ0n) is 8.34. The minimum absolute atomic E-state index is 0.154. The predicted octanol–water partition coefficient (Wildman–Crippen LogP) is -0.444. The first-order valence-electron chi connectivity index (χ1n) is 4.47. The monoisotopic (exact) mass is 237 g/mol. The molecule has 2 amide bonds. The molecule has 1 rings (SSSR count). The Bertz CT molecular complexity index is 419. The van der Waals surface area contributed by atoms with Gasteiger partial charge in [0.1, 0.15) is 6.04 Å². The zero-order chi connectivity index (χ0) is 12.1. The van der Waals surface area contributed by atoms with Crippen molar-refractivity contribution in [2.75, 3.05) is 0 Å². The van der Waals surface area contributed by atoms with Crippen molar-refractivity contribution in [3.63, 3.8) is 0 Å². The lowest BCUT2D eigenvalue weighted by Gasteiger charge is -2.09. The summed E-state index contributed by atoms with van der Waals surface area (Å²) in [5, 5.41) is 2.11. The number of nitrogens with one attached hydrogen (secondary N) is 1. The molecule has 0 saturated carbocycles. The number of carbonyl (C=O) groups excluding carboxylic acids is 2. The average Bonchev–Trinajstić information content (AvgIpc) is 2.28. The molecule has 0 spiro atoms. The molecule has 0 aliphatic heterocycles. The van der Waals surface area contributed by atoms with Gasteiger partial charge in [0.05, 0.1) is 4.99 Å². The Morgan fingerprint density at radius 1 is 1.25 bits per heavy atom. The first kappa shape index (κ1) is 12.3. The van der Waals surface area contributed by atoms with Gasteiger partial charge in [-0.15, -0.1) is 0 Å². The Kier molecular flexibility index (Phi) is 4.10. The minimum Gasteiger partial charge on any atom is -0.392 e. The first-order chi connectivity index (χ1) is 7.52. The highest BCUT2D eigenvalue weighted by Gasteiger charge is 2.18. The van der Waals surface area contributed by atoms with Gasteiger partial charge in [-0.05, 0) is 12.1 Å². The Labute approximate surface area is 97.8 Å².